The Morgan fingerprint density at radius 1 is 1.16 bits per heavy atom. The van der Waals surface area contributed by atoms with Crippen molar-refractivity contribution in [1.29, 1.82) is 0 Å². The molecule has 2 aromatic rings. The Balaban J connectivity index is 1.61. The van der Waals surface area contributed by atoms with Gasteiger partial charge in [-0.25, -0.2) is 4.79 Å². The molecule has 0 aliphatic carbocycles. The summed E-state index contributed by atoms with van der Waals surface area (Å²) in [4.78, 5) is 27.5. The van der Waals surface area contributed by atoms with Crippen LogP contribution < -0.4 is 5.32 Å². The predicted octanol–water partition coefficient (Wildman–Crippen LogP) is 4.55. The highest BCUT2D eigenvalue weighted by Gasteiger charge is 2.39. The van der Waals surface area contributed by atoms with Gasteiger partial charge >= 0.3 is 12.1 Å². The third kappa shape index (κ3) is 7.04. The van der Waals surface area contributed by atoms with Gasteiger partial charge in [-0.05, 0) is 42.3 Å². The van der Waals surface area contributed by atoms with Crippen molar-refractivity contribution >= 4 is 12.1 Å². The maximum Gasteiger partial charge on any atom is 0.407 e. The average Bonchev–Trinajstić information content (AvgIpc) is 3.17. The van der Waals surface area contributed by atoms with E-state index in [2.05, 4.69) is 15.3 Å². The van der Waals surface area contributed by atoms with Crippen LogP contribution >= 0.6 is 0 Å². The Bertz CT molecular complexity index is 900. The first-order chi connectivity index (χ1) is 15.2. The first-order valence-electron chi connectivity index (χ1n) is 10.4. The molecule has 1 aliphatic heterocycles. The summed E-state index contributed by atoms with van der Waals surface area (Å²) >= 11 is 0. The number of amides is 1. The quantitative estimate of drug-likeness (QED) is 0.199. The molecule has 162 valence electrons. The molecule has 1 heterocycles. The lowest BCUT2D eigenvalue weighted by Crippen LogP contribution is -2.45. The van der Waals surface area contributed by atoms with Crippen LogP contribution in [0, 0.1) is 5.92 Å². The highest BCUT2D eigenvalue weighted by atomic mass is 16.6. The van der Waals surface area contributed by atoms with Gasteiger partial charge in [0.15, 0.2) is 0 Å². The molecule has 0 aromatic heterocycles. The molecule has 0 bridgehead atoms. The van der Waals surface area contributed by atoms with E-state index in [1.165, 1.54) is 0 Å². The van der Waals surface area contributed by atoms with Crippen molar-refractivity contribution in [2.24, 2.45) is 11.0 Å². The summed E-state index contributed by atoms with van der Waals surface area (Å²) in [6, 6.07) is 18.8. The SMILES string of the molecule is [N-]=[N+]=NCCC[C@@H]1C[C@@H]([C@H](Cc2ccccc2)NC(=O)OCc2ccccc2)OC1=O. The third-order valence-electron chi connectivity index (χ3n) is 5.25. The van der Waals surface area contributed by atoms with Crippen molar-refractivity contribution in [2.45, 2.75) is 44.4 Å². The maximum atomic E-state index is 12.5. The van der Waals surface area contributed by atoms with Gasteiger partial charge < -0.3 is 14.8 Å². The number of ether oxygens (including phenoxy) is 2. The van der Waals surface area contributed by atoms with Crippen LogP contribution in [0.1, 0.15) is 30.4 Å². The molecular weight excluding hydrogens is 396 g/mol. The van der Waals surface area contributed by atoms with Gasteiger partial charge in [-0.1, -0.05) is 65.8 Å². The lowest BCUT2D eigenvalue weighted by Gasteiger charge is -2.23. The standard InChI is InChI=1S/C23H26N4O4/c24-27-25-13-7-12-19-15-21(31-22(19)28)20(14-17-8-3-1-4-9-17)26-23(29)30-16-18-10-5-2-6-11-18/h1-6,8-11,19-21H,7,12-16H2,(H,26,29)/t19-,20+,21+/m1/s1. The topological polar surface area (TPSA) is 113 Å². The fourth-order valence-electron chi connectivity index (χ4n) is 3.67. The number of benzene rings is 2. The van der Waals surface area contributed by atoms with E-state index >= 15 is 0 Å². The molecule has 0 spiro atoms. The van der Waals surface area contributed by atoms with Crippen LogP contribution in [0.4, 0.5) is 4.79 Å². The van der Waals surface area contributed by atoms with Crippen molar-refractivity contribution in [3.05, 3.63) is 82.2 Å². The zero-order chi connectivity index (χ0) is 21.9. The molecule has 8 nitrogen and oxygen atoms in total. The summed E-state index contributed by atoms with van der Waals surface area (Å²) < 4.78 is 11.0. The van der Waals surface area contributed by atoms with Gasteiger partial charge in [-0.15, -0.1) is 0 Å². The second-order valence-electron chi connectivity index (χ2n) is 7.51. The van der Waals surface area contributed by atoms with Crippen LogP contribution in [0.25, 0.3) is 10.4 Å². The number of carbonyl (C=O) groups excluding carboxylic acids is 2. The Kier molecular flexibility index (Phi) is 8.31. The highest BCUT2D eigenvalue weighted by molar-refractivity contribution is 5.75. The van der Waals surface area contributed by atoms with Crippen molar-refractivity contribution in [3.63, 3.8) is 0 Å². The molecular formula is C23H26N4O4. The van der Waals surface area contributed by atoms with Gasteiger partial charge in [0.2, 0.25) is 0 Å². The predicted molar refractivity (Wildman–Crippen MR) is 115 cm³/mol. The summed E-state index contributed by atoms with van der Waals surface area (Å²) in [5.74, 6) is -0.539. The average molecular weight is 422 g/mol. The second-order valence-corrected chi connectivity index (χ2v) is 7.51. The molecule has 3 rings (SSSR count). The summed E-state index contributed by atoms with van der Waals surface area (Å²) in [7, 11) is 0. The molecule has 0 unspecified atom stereocenters. The minimum absolute atomic E-state index is 0.164. The number of hydrogen-bond donors (Lipinski definition) is 1. The van der Waals surface area contributed by atoms with Gasteiger partial charge in [-0.3, -0.25) is 4.79 Å². The number of carbonyl (C=O) groups is 2. The van der Waals surface area contributed by atoms with Crippen molar-refractivity contribution in [1.82, 2.24) is 5.32 Å². The largest absolute Gasteiger partial charge is 0.460 e. The summed E-state index contributed by atoms with van der Waals surface area (Å²) in [5, 5.41) is 6.40. The zero-order valence-electron chi connectivity index (χ0n) is 17.2. The van der Waals surface area contributed by atoms with Crippen molar-refractivity contribution < 1.29 is 19.1 Å². The molecule has 31 heavy (non-hydrogen) atoms. The summed E-state index contributed by atoms with van der Waals surface area (Å²) in [5.41, 5.74) is 10.3. The Hall–Kier alpha value is -3.51. The monoisotopic (exact) mass is 422 g/mol. The van der Waals surface area contributed by atoms with E-state index in [0.29, 0.717) is 32.2 Å². The first kappa shape index (κ1) is 22.2. The maximum absolute atomic E-state index is 12.5. The van der Waals surface area contributed by atoms with Crippen LogP contribution in [0.5, 0.6) is 0 Å². The van der Waals surface area contributed by atoms with E-state index in [1.807, 2.05) is 60.7 Å². The Morgan fingerprint density at radius 2 is 1.84 bits per heavy atom. The molecule has 0 radical (unpaired) electrons. The fraction of sp³-hybridized carbons (Fsp3) is 0.391. The lowest BCUT2D eigenvalue weighted by atomic mass is 9.93. The van der Waals surface area contributed by atoms with E-state index in [0.717, 1.165) is 11.1 Å². The van der Waals surface area contributed by atoms with Crippen LogP contribution in [0.15, 0.2) is 65.8 Å². The van der Waals surface area contributed by atoms with Crippen molar-refractivity contribution in [2.75, 3.05) is 6.54 Å². The van der Waals surface area contributed by atoms with E-state index in [-0.39, 0.29) is 18.5 Å². The smallest absolute Gasteiger partial charge is 0.407 e. The molecule has 1 saturated heterocycles. The molecule has 1 aliphatic rings. The minimum atomic E-state index is -0.548. The fourth-order valence-corrected chi connectivity index (χ4v) is 3.67. The van der Waals surface area contributed by atoms with Gasteiger partial charge in [0.05, 0.1) is 12.0 Å². The molecule has 1 fully saturated rings. The van der Waals surface area contributed by atoms with Gasteiger partial charge in [0, 0.05) is 11.5 Å². The molecule has 8 heteroatoms. The van der Waals surface area contributed by atoms with Crippen LogP contribution in [-0.2, 0) is 27.3 Å². The molecule has 2 aromatic carbocycles. The normalized spacial score (nSPS) is 18.5. The summed E-state index contributed by atoms with van der Waals surface area (Å²) in [6.07, 6.45) is 1.24. The number of azide groups is 1. The Labute approximate surface area is 181 Å². The highest BCUT2D eigenvalue weighted by Crippen LogP contribution is 2.28. The molecule has 1 N–H and O–H groups in total. The number of cyclic esters (lactones) is 1. The second kappa shape index (κ2) is 11.6. The Morgan fingerprint density at radius 3 is 2.52 bits per heavy atom. The van der Waals surface area contributed by atoms with Crippen LogP contribution in [0.3, 0.4) is 0 Å². The van der Waals surface area contributed by atoms with Crippen LogP contribution in [-0.4, -0.2) is 30.8 Å². The zero-order valence-corrected chi connectivity index (χ0v) is 17.2. The number of hydrogen-bond acceptors (Lipinski definition) is 5. The number of nitrogens with one attached hydrogen (secondary N) is 1. The molecule has 0 saturated carbocycles. The number of alkyl carbamates (subject to hydrolysis) is 1. The van der Waals surface area contributed by atoms with Gasteiger partial charge in [-0.2, -0.15) is 0 Å². The third-order valence-corrected chi connectivity index (χ3v) is 5.25. The molecule has 3 atom stereocenters. The summed E-state index contributed by atoms with van der Waals surface area (Å²) in [6.45, 7) is 0.514. The lowest BCUT2D eigenvalue weighted by molar-refractivity contribution is -0.145. The van der Waals surface area contributed by atoms with Crippen molar-refractivity contribution in [3.8, 4) is 0 Å². The number of nitrogens with zero attached hydrogens (tertiary/aromatic N) is 3. The molecule has 1 amide bonds. The number of rotatable bonds is 10. The van der Waals surface area contributed by atoms with E-state index in [1.54, 1.807) is 0 Å². The van der Waals surface area contributed by atoms with E-state index < -0.39 is 18.2 Å². The minimum Gasteiger partial charge on any atom is -0.460 e. The van der Waals surface area contributed by atoms with Crippen LogP contribution in [0.2, 0.25) is 0 Å². The van der Waals surface area contributed by atoms with Gasteiger partial charge in [0.25, 0.3) is 0 Å². The van der Waals surface area contributed by atoms with E-state index in [9.17, 15) is 9.59 Å². The first-order valence-corrected chi connectivity index (χ1v) is 10.4. The van der Waals surface area contributed by atoms with Gasteiger partial charge in [0.1, 0.15) is 12.7 Å². The number of esters is 1. The van der Waals surface area contributed by atoms with E-state index in [4.69, 9.17) is 15.0 Å².